The van der Waals surface area contributed by atoms with Gasteiger partial charge >= 0.3 is 0 Å². The smallest absolute Gasteiger partial charge is 0.145 e. The first-order valence-electron chi connectivity index (χ1n) is 6.98. The van der Waals surface area contributed by atoms with Gasteiger partial charge in [0.15, 0.2) is 0 Å². The summed E-state index contributed by atoms with van der Waals surface area (Å²) in [5.41, 5.74) is 6.52. The molecule has 100 valence electrons. The van der Waals surface area contributed by atoms with Crippen molar-refractivity contribution in [3.63, 3.8) is 0 Å². The molecular formula is C15H23NO2. The molecule has 0 spiro atoms. The zero-order valence-corrected chi connectivity index (χ0v) is 11.2. The molecule has 0 atom stereocenters. The monoisotopic (exact) mass is 249 g/mol. The van der Waals surface area contributed by atoms with Gasteiger partial charge in [0.2, 0.25) is 0 Å². The molecule has 0 aromatic heterocycles. The molecule has 1 fully saturated rings. The van der Waals surface area contributed by atoms with Gasteiger partial charge in [0, 0.05) is 6.07 Å². The first-order chi connectivity index (χ1) is 8.79. The summed E-state index contributed by atoms with van der Waals surface area (Å²) in [7, 11) is 0. The Morgan fingerprint density at radius 3 is 2.56 bits per heavy atom. The van der Waals surface area contributed by atoms with Crippen LogP contribution in [0.4, 0.5) is 5.69 Å². The molecule has 0 bridgehead atoms. The van der Waals surface area contributed by atoms with Crippen molar-refractivity contribution in [2.75, 3.05) is 12.3 Å². The van der Waals surface area contributed by atoms with Crippen molar-refractivity contribution in [1.82, 2.24) is 0 Å². The van der Waals surface area contributed by atoms with E-state index in [0.29, 0.717) is 18.4 Å². The van der Waals surface area contributed by atoms with Crippen molar-refractivity contribution in [1.29, 1.82) is 0 Å². The second-order valence-corrected chi connectivity index (χ2v) is 4.86. The Morgan fingerprint density at radius 2 is 1.89 bits per heavy atom. The largest absolute Gasteiger partial charge is 0.492 e. The first-order valence-corrected chi connectivity index (χ1v) is 6.98. The maximum atomic E-state index is 6.04. The Kier molecular flexibility index (Phi) is 4.73. The van der Waals surface area contributed by atoms with Crippen LogP contribution in [-0.2, 0) is 0 Å². The van der Waals surface area contributed by atoms with Crippen LogP contribution < -0.4 is 15.2 Å². The van der Waals surface area contributed by atoms with Gasteiger partial charge in [-0.05, 0) is 44.7 Å². The van der Waals surface area contributed by atoms with E-state index in [4.69, 9.17) is 15.2 Å². The van der Waals surface area contributed by atoms with Crippen LogP contribution in [0.1, 0.15) is 45.4 Å². The van der Waals surface area contributed by atoms with Gasteiger partial charge in [-0.25, -0.2) is 0 Å². The third kappa shape index (κ3) is 3.56. The highest BCUT2D eigenvalue weighted by molar-refractivity contribution is 5.55. The molecule has 0 saturated heterocycles. The van der Waals surface area contributed by atoms with Crippen molar-refractivity contribution in [3.8, 4) is 11.5 Å². The van der Waals surface area contributed by atoms with Crippen molar-refractivity contribution in [2.45, 2.75) is 51.6 Å². The van der Waals surface area contributed by atoms with Crippen LogP contribution in [0, 0.1) is 0 Å². The number of ether oxygens (including phenoxy) is 2. The van der Waals surface area contributed by atoms with Gasteiger partial charge in [-0.2, -0.15) is 0 Å². The average molecular weight is 249 g/mol. The molecule has 18 heavy (non-hydrogen) atoms. The zero-order valence-electron chi connectivity index (χ0n) is 11.2. The van der Waals surface area contributed by atoms with Crippen molar-refractivity contribution >= 4 is 5.69 Å². The molecule has 0 radical (unpaired) electrons. The van der Waals surface area contributed by atoms with Crippen LogP contribution in [0.25, 0.3) is 0 Å². The normalized spacial score (nSPS) is 17.2. The third-order valence-corrected chi connectivity index (χ3v) is 3.39. The minimum absolute atomic E-state index is 0.352. The van der Waals surface area contributed by atoms with E-state index in [9.17, 15) is 0 Å². The number of hydrogen-bond acceptors (Lipinski definition) is 3. The summed E-state index contributed by atoms with van der Waals surface area (Å²) in [5.74, 6) is 1.60. The lowest BCUT2D eigenvalue weighted by Crippen LogP contribution is -2.15. The molecule has 0 heterocycles. The SMILES string of the molecule is CCOc1cc(OC2CCCCCC2)ccc1N. The molecule has 1 aromatic rings. The lowest BCUT2D eigenvalue weighted by atomic mass is 10.1. The molecule has 0 amide bonds. The third-order valence-electron chi connectivity index (χ3n) is 3.39. The first kappa shape index (κ1) is 13.1. The molecule has 0 unspecified atom stereocenters. The van der Waals surface area contributed by atoms with Crippen LogP contribution in [-0.4, -0.2) is 12.7 Å². The standard InChI is InChI=1S/C15H23NO2/c1-2-17-15-11-13(9-10-14(15)16)18-12-7-5-3-4-6-8-12/h9-12H,2-8,16H2,1H3. The molecule has 2 N–H and O–H groups in total. The number of nitrogen functional groups attached to an aromatic ring is 1. The fraction of sp³-hybridized carbons (Fsp3) is 0.600. The highest BCUT2D eigenvalue weighted by atomic mass is 16.5. The molecule has 3 heteroatoms. The minimum atomic E-state index is 0.352. The maximum absolute atomic E-state index is 6.04. The molecule has 3 nitrogen and oxygen atoms in total. The lowest BCUT2D eigenvalue weighted by Gasteiger charge is -2.18. The van der Waals surface area contributed by atoms with Crippen LogP contribution >= 0.6 is 0 Å². The van der Waals surface area contributed by atoms with Crippen LogP contribution in [0.3, 0.4) is 0 Å². The van der Waals surface area contributed by atoms with Crippen LogP contribution in [0.5, 0.6) is 11.5 Å². The topological polar surface area (TPSA) is 44.5 Å². The van der Waals surface area contributed by atoms with E-state index in [0.717, 1.165) is 24.3 Å². The van der Waals surface area contributed by atoms with Crippen molar-refractivity contribution < 1.29 is 9.47 Å². The predicted molar refractivity (Wildman–Crippen MR) is 74.1 cm³/mol. The van der Waals surface area contributed by atoms with Gasteiger partial charge in [0.05, 0.1) is 18.4 Å². The molecule has 1 saturated carbocycles. The van der Waals surface area contributed by atoms with Gasteiger partial charge < -0.3 is 15.2 Å². The number of hydrogen-bond donors (Lipinski definition) is 1. The Bertz CT molecular complexity index is 371. The van der Waals surface area contributed by atoms with E-state index in [1.54, 1.807) is 0 Å². The quantitative estimate of drug-likeness (QED) is 0.652. The molecule has 0 aliphatic heterocycles. The van der Waals surface area contributed by atoms with Crippen molar-refractivity contribution in [2.24, 2.45) is 0 Å². The number of rotatable bonds is 4. The second kappa shape index (κ2) is 6.53. The lowest BCUT2D eigenvalue weighted by molar-refractivity contribution is 0.183. The fourth-order valence-corrected chi connectivity index (χ4v) is 2.42. The summed E-state index contributed by atoms with van der Waals surface area (Å²) >= 11 is 0. The summed E-state index contributed by atoms with van der Waals surface area (Å²) in [6.45, 7) is 2.58. The molecule has 1 aromatic carbocycles. The van der Waals surface area contributed by atoms with Crippen LogP contribution in [0.2, 0.25) is 0 Å². The van der Waals surface area contributed by atoms with Gasteiger partial charge in [-0.1, -0.05) is 12.8 Å². The van der Waals surface area contributed by atoms with E-state index in [1.807, 2.05) is 25.1 Å². The van der Waals surface area contributed by atoms with E-state index < -0.39 is 0 Å². The van der Waals surface area contributed by atoms with Gasteiger partial charge in [-0.3, -0.25) is 0 Å². The number of nitrogens with two attached hydrogens (primary N) is 1. The molecular weight excluding hydrogens is 226 g/mol. The predicted octanol–water partition coefficient (Wildman–Crippen LogP) is 3.77. The number of anilines is 1. The van der Waals surface area contributed by atoms with E-state index in [-0.39, 0.29) is 0 Å². The minimum Gasteiger partial charge on any atom is -0.492 e. The summed E-state index contributed by atoms with van der Waals surface area (Å²) in [6.07, 6.45) is 7.90. The fourth-order valence-electron chi connectivity index (χ4n) is 2.42. The van der Waals surface area contributed by atoms with E-state index >= 15 is 0 Å². The molecule has 1 aliphatic rings. The Balaban J connectivity index is 2.01. The van der Waals surface area contributed by atoms with Crippen molar-refractivity contribution in [3.05, 3.63) is 18.2 Å². The highest BCUT2D eigenvalue weighted by Crippen LogP contribution is 2.29. The Morgan fingerprint density at radius 1 is 1.17 bits per heavy atom. The van der Waals surface area contributed by atoms with E-state index in [1.165, 1.54) is 25.7 Å². The van der Waals surface area contributed by atoms with Gasteiger partial charge in [0.25, 0.3) is 0 Å². The summed E-state index contributed by atoms with van der Waals surface area (Å²) < 4.78 is 11.5. The summed E-state index contributed by atoms with van der Waals surface area (Å²) in [4.78, 5) is 0. The van der Waals surface area contributed by atoms with Gasteiger partial charge in [-0.15, -0.1) is 0 Å². The molecule has 1 aliphatic carbocycles. The second-order valence-electron chi connectivity index (χ2n) is 4.86. The summed E-state index contributed by atoms with van der Waals surface area (Å²) in [5, 5.41) is 0. The zero-order chi connectivity index (χ0) is 12.8. The number of benzene rings is 1. The van der Waals surface area contributed by atoms with E-state index in [2.05, 4.69) is 0 Å². The Hall–Kier alpha value is -1.38. The average Bonchev–Trinajstić information content (AvgIpc) is 2.62. The van der Waals surface area contributed by atoms with Gasteiger partial charge in [0.1, 0.15) is 11.5 Å². The molecule has 2 rings (SSSR count). The summed E-state index contributed by atoms with van der Waals surface area (Å²) in [6, 6.07) is 5.70. The Labute approximate surface area is 109 Å². The van der Waals surface area contributed by atoms with Crippen LogP contribution in [0.15, 0.2) is 18.2 Å². The maximum Gasteiger partial charge on any atom is 0.145 e. The highest BCUT2D eigenvalue weighted by Gasteiger charge is 2.14.